The molecule has 1 amide bonds. The van der Waals surface area contributed by atoms with Crippen molar-refractivity contribution in [3.8, 4) is 0 Å². The summed E-state index contributed by atoms with van der Waals surface area (Å²) in [5.74, 6) is -0.0753. The molecule has 108 valence electrons. The van der Waals surface area contributed by atoms with Gasteiger partial charge in [0, 0.05) is 22.5 Å². The van der Waals surface area contributed by atoms with Crippen LogP contribution >= 0.6 is 34.7 Å². The van der Waals surface area contributed by atoms with Crippen molar-refractivity contribution in [3.63, 3.8) is 0 Å². The Kier molecular flexibility index (Phi) is 4.01. The number of rotatable bonds is 3. The van der Waals surface area contributed by atoms with Crippen molar-refractivity contribution >= 4 is 50.9 Å². The molecule has 1 aromatic heterocycles. The van der Waals surface area contributed by atoms with E-state index < -0.39 is 0 Å². The zero-order chi connectivity index (χ0) is 15.0. The van der Waals surface area contributed by atoms with Gasteiger partial charge in [-0.3, -0.25) is 10.2 Å². The van der Waals surface area contributed by atoms with Gasteiger partial charge in [-0.15, -0.1) is 11.3 Å². The summed E-state index contributed by atoms with van der Waals surface area (Å²) in [7, 11) is 0. The minimum absolute atomic E-state index is 0.0753. The van der Waals surface area contributed by atoms with E-state index in [0.29, 0.717) is 10.2 Å². The van der Waals surface area contributed by atoms with Gasteiger partial charge in [-0.05, 0) is 24.6 Å². The van der Waals surface area contributed by atoms with Crippen molar-refractivity contribution in [2.75, 3.05) is 4.90 Å². The molecular weight excluding hydrogens is 326 g/mol. The van der Waals surface area contributed by atoms with E-state index in [1.54, 1.807) is 6.20 Å². The highest BCUT2D eigenvalue weighted by molar-refractivity contribution is 8.16. The van der Waals surface area contributed by atoms with Crippen LogP contribution in [0.5, 0.6) is 0 Å². The molecular formula is C14H12ClN3OS2. The zero-order valence-corrected chi connectivity index (χ0v) is 13.6. The molecule has 2 heterocycles. The first-order valence-electron chi connectivity index (χ1n) is 6.33. The van der Waals surface area contributed by atoms with Gasteiger partial charge < -0.3 is 0 Å². The Morgan fingerprint density at radius 1 is 1.48 bits per heavy atom. The molecule has 3 rings (SSSR count). The fourth-order valence-electron chi connectivity index (χ4n) is 2.06. The molecule has 1 aliphatic heterocycles. The first-order chi connectivity index (χ1) is 10.0. The third kappa shape index (κ3) is 2.97. The molecule has 1 fully saturated rings. The number of carbonyl (C=O) groups excluding carboxylic acids is 1. The molecule has 0 saturated carbocycles. The minimum atomic E-state index is -0.210. The fourth-order valence-corrected chi connectivity index (χ4v) is 4.11. The zero-order valence-electron chi connectivity index (χ0n) is 11.2. The van der Waals surface area contributed by atoms with Crippen molar-refractivity contribution in [3.05, 3.63) is 45.9 Å². The lowest BCUT2D eigenvalue weighted by atomic mass is 10.1. The summed E-state index contributed by atoms with van der Waals surface area (Å²) in [4.78, 5) is 18.8. The highest BCUT2D eigenvalue weighted by atomic mass is 35.5. The average Bonchev–Trinajstić information content (AvgIpc) is 2.95. The number of benzene rings is 1. The smallest absolute Gasteiger partial charge is 0.248 e. The van der Waals surface area contributed by atoms with Gasteiger partial charge in [0.15, 0.2) is 10.3 Å². The summed E-state index contributed by atoms with van der Waals surface area (Å²) >= 11 is 8.67. The monoisotopic (exact) mass is 337 g/mol. The Morgan fingerprint density at radius 3 is 2.95 bits per heavy atom. The molecule has 1 aromatic carbocycles. The Morgan fingerprint density at radius 2 is 2.29 bits per heavy atom. The van der Waals surface area contributed by atoms with E-state index in [1.165, 1.54) is 28.0 Å². The molecule has 0 radical (unpaired) electrons. The normalized spacial score (nSPS) is 18.6. The van der Waals surface area contributed by atoms with E-state index in [2.05, 4.69) is 4.98 Å². The van der Waals surface area contributed by atoms with Crippen molar-refractivity contribution in [1.82, 2.24) is 4.98 Å². The third-order valence-electron chi connectivity index (χ3n) is 3.06. The van der Waals surface area contributed by atoms with E-state index in [4.69, 9.17) is 17.0 Å². The van der Waals surface area contributed by atoms with Gasteiger partial charge in [0.2, 0.25) is 5.91 Å². The summed E-state index contributed by atoms with van der Waals surface area (Å²) in [6.07, 6.45) is 2.48. The lowest BCUT2D eigenvalue weighted by Crippen LogP contribution is -2.30. The van der Waals surface area contributed by atoms with Crippen LogP contribution in [-0.2, 0) is 11.2 Å². The SMILES string of the molecule is C[C@H]1SC(=N)N(c2ncc(Cc3cccc(Cl)c3)s2)C1=O. The van der Waals surface area contributed by atoms with Crippen LogP contribution in [0, 0.1) is 5.41 Å². The largest absolute Gasteiger partial charge is 0.278 e. The molecule has 0 unspecified atom stereocenters. The van der Waals surface area contributed by atoms with Crippen LogP contribution in [0.25, 0.3) is 0 Å². The molecule has 1 saturated heterocycles. The molecule has 1 N–H and O–H groups in total. The fraction of sp³-hybridized carbons (Fsp3) is 0.214. The summed E-state index contributed by atoms with van der Waals surface area (Å²) in [5.41, 5.74) is 1.10. The predicted molar refractivity (Wildman–Crippen MR) is 88.6 cm³/mol. The number of thiazole rings is 1. The third-order valence-corrected chi connectivity index (χ3v) is 5.24. The van der Waals surface area contributed by atoms with Gasteiger partial charge in [0.05, 0.1) is 5.25 Å². The van der Waals surface area contributed by atoms with Gasteiger partial charge in [-0.2, -0.15) is 0 Å². The number of carbonyl (C=O) groups is 1. The first-order valence-corrected chi connectivity index (χ1v) is 8.40. The summed E-state index contributed by atoms with van der Waals surface area (Å²) in [5, 5.41) is 9.19. The maximum atomic E-state index is 12.0. The number of thioether (sulfide) groups is 1. The molecule has 1 aliphatic rings. The van der Waals surface area contributed by atoms with Crippen LogP contribution in [0.2, 0.25) is 5.02 Å². The van der Waals surface area contributed by atoms with Crippen molar-refractivity contribution in [2.24, 2.45) is 0 Å². The van der Waals surface area contributed by atoms with Crippen LogP contribution in [0.4, 0.5) is 5.13 Å². The maximum Gasteiger partial charge on any atom is 0.248 e. The number of hydrogen-bond donors (Lipinski definition) is 1. The number of amidine groups is 1. The Hall–Kier alpha value is -1.37. The van der Waals surface area contributed by atoms with Crippen molar-refractivity contribution in [2.45, 2.75) is 18.6 Å². The molecule has 0 bridgehead atoms. The quantitative estimate of drug-likeness (QED) is 0.927. The predicted octanol–water partition coefficient (Wildman–Crippen LogP) is 3.79. The molecule has 21 heavy (non-hydrogen) atoms. The standard InChI is InChI=1S/C14H12ClN3OS2/c1-8-12(19)18(13(16)20-8)14-17-7-11(21-14)6-9-3-2-4-10(15)5-9/h2-5,7-8,16H,6H2,1H3/t8-/m1/s1. The highest BCUT2D eigenvalue weighted by Crippen LogP contribution is 2.33. The number of amides is 1. The van der Waals surface area contributed by atoms with Crippen LogP contribution in [0.1, 0.15) is 17.4 Å². The van der Waals surface area contributed by atoms with Gasteiger partial charge >= 0.3 is 0 Å². The molecule has 7 heteroatoms. The van der Waals surface area contributed by atoms with Crippen LogP contribution in [0.15, 0.2) is 30.5 Å². The Balaban J connectivity index is 1.81. The van der Waals surface area contributed by atoms with Crippen molar-refractivity contribution in [1.29, 1.82) is 5.41 Å². The van der Waals surface area contributed by atoms with Crippen LogP contribution in [0.3, 0.4) is 0 Å². The summed E-state index contributed by atoms with van der Waals surface area (Å²) in [6.45, 7) is 1.81. The van der Waals surface area contributed by atoms with E-state index in [0.717, 1.165) is 16.9 Å². The van der Waals surface area contributed by atoms with E-state index >= 15 is 0 Å². The molecule has 1 atom stereocenters. The number of nitrogens with zero attached hydrogens (tertiary/aromatic N) is 2. The van der Waals surface area contributed by atoms with Gasteiger partial charge in [-0.25, -0.2) is 9.88 Å². The molecule has 0 spiro atoms. The van der Waals surface area contributed by atoms with Crippen LogP contribution < -0.4 is 4.90 Å². The second-order valence-corrected chi connectivity index (χ2v) is 7.51. The Labute approximate surface area is 135 Å². The molecule has 4 nitrogen and oxygen atoms in total. The van der Waals surface area contributed by atoms with Gasteiger partial charge in [0.1, 0.15) is 0 Å². The number of nitrogens with one attached hydrogen (secondary N) is 1. The summed E-state index contributed by atoms with van der Waals surface area (Å²) in [6, 6.07) is 7.68. The molecule has 0 aliphatic carbocycles. The van der Waals surface area contributed by atoms with E-state index in [-0.39, 0.29) is 16.3 Å². The van der Waals surface area contributed by atoms with Gasteiger partial charge in [0.25, 0.3) is 0 Å². The maximum absolute atomic E-state index is 12.0. The molecule has 2 aromatic rings. The number of halogens is 1. The first kappa shape index (κ1) is 14.6. The minimum Gasteiger partial charge on any atom is -0.278 e. The van der Waals surface area contributed by atoms with Crippen molar-refractivity contribution < 1.29 is 4.79 Å². The summed E-state index contributed by atoms with van der Waals surface area (Å²) < 4.78 is 0. The lowest BCUT2D eigenvalue weighted by Gasteiger charge is -2.10. The van der Waals surface area contributed by atoms with Gasteiger partial charge in [-0.1, -0.05) is 35.5 Å². The number of hydrogen-bond acceptors (Lipinski definition) is 5. The van der Waals surface area contributed by atoms with Crippen LogP contribution in [-0.4, -0.2) is 21.3 Å². The second kappa shape index (κ2) is 5.79. The topological polar surface area (TPSA) is 57.1 Å². The van der Waals surface area contributed by atoms with E-state index in [9.17, 15) is 4.79 Å². The average molecular weight is 338 g/mol. The second-order valence-electron chi connectivity index (χ2n) is 4.65. The Bertz CT molecular complexity index is 716. The lowest BCUT2D eigenvalue weighted by molar-refractivity contribution is -0.116. The van der Waals surface area contributed by atoms with E-state index in [1.807, 2.05) is 31.2 Å². The number of anilines is 1. The highest BCUT2D eigenvalue weighted by Gasteiger charge is 2.36. The number of aromatic nitrogens is 1.